The molecule has 3 nitrogen and oxygen atoms in total. The molecule has 108 valence electrons. The molecule has 0 aliphatic rings. The highest BCUT2D eigenvalue weighted by atomic mass is 35.5. The SMILES string of the molecule is CC(C)C(C)CNC(=O)[C@@H](N)Cc1ccccc1.Cl. The molecule has 1 aromatic carbocycles. The van der Waals surface area contributed by atoms with Gasteiger partial charge in [-0.1, -0.05) is 51.1 Å². The first kappa shape index (κ1) is 17.9. The molecule has 0 aliphatic heterocycles. The second-order valence-electron chi connectivity index (χ2n) is 5.26. The van der Waals surface area contributed by atoms with Crippen molar-refractivity contribution >= 4 is 18.3 Å². The lowest BCUT2D eigenvalue weighted by Gasteiger charge is -2.18. The van der Waals surface area contributed by atoms with Gasteiger partial charge in [0.2, 0.25) is 5.91 Å². The molecule has 1 aromatic rings. The summed E-state index contributed by atoms with van der Waals surface area (Å²) >= 11 is 0. The molecule has 0 radical (unpaired) electrons. The summed E-state index contributed by atoms with van der Waals surface area (Å²) in [6.45, 7) is 7.13. The highest BCUT2D eigenvalue weighted by Crippen LogP contribution is 2.08. The molecule has 2 atom stereocenters. The Morgan fingerprint density at radius 2 is 1.79 bits per heavy atom. The molecule has 0 bridgehead atoms. The van der Waals surface area contributed by atoms with Crippen molar-refractivity contribution in [2.24, 2.45) is 17.6 Å². The smallest absolute Gasteiger partial charge is 0.237 e. The van der Waals surface area contributed by atoms with Gasteiger partial charge in [0.05, 0.1) is 6.04 Å². The van der Waals surface area contributed by atoms with Gasteiger partial charge in [0.25, 0.3) is 0 Å². The van der Waals surface area contributed by atoms with E-state index in [1.807, 2.05) is 30.3 Å². The van der Waals surface area contributed by atoms with Crippen molar-refractivity contribution in [3.8, 4) is 0 Å². The molecule has 0 saturated heterocycles. The summed E-state index contributed by atoms with van der Waals surface area (Å²) in [5, 5.41) is 2.92. The fourth-order valence-electron chi connectivity index (χ4n) is 1.59. The summed E-state index contributed by atoms with van der Waals surface area (Å²) in [4.78, 5) is 11.8. The molecule has 0 spiro atoms. The Bertz CT molecular complexity index is 368. The largest absolute Gasteiger partial charge is 0.354 e. The molecular formula is C15H25ClN2O. The molecule has 4 heteroatoms. The summed E-state index contributed by atoms with van der Waals surface area (Å²) in [6.07, 6.45) is 0.586. The topological polar surface area (TPSA) is 55.1 Å². The maximum absolute atomic E-state index is 11.8. The van der Waals surface area contributed by atoms with Gasteiger partial charge >= 0.3 is 0 Å². The van der Waals surface area contributed by atoms with E-state index in [1.165, 1.54) is 0 Å². The van der Waals surface area contributed by atoms with Gasteiger partial charge in [-0.25, -0.2) is 0 Å². The Morgan fingerprint density at radius 1 is 1.21 bits per heavy atom. The van der Waals surface area contributed by atoms with Crippen LogP contribution >= 0.6 is 12.4 Å². The van der Waals surface area contributed by atoms with Crippen molar-refractivity contribution in [2.45, 2.75) is 33.2 Å². The summed E-state index contributed by atoms with van der Waals surface area (Å²) in [5.74, 6) is 0.972. The van der Waals surface area contributed by atoms with E-state index in [0.29, 0.717) is 24.8 Å². The van der Waals surface area contributed by atoms with Gasteiger partial charge in [-0.2, -0.15) is 0 Å². The number of amides is 1. The average molecular weight is 285 g/mol. The van der Waals surface area contributed by atoms with E-state index < -0.39 is 6.04 Å². The van der Waals surface area contributed by atoms with Crippen LogP contribution in [0, 0.1) is 11.8 Å². The van der Waals surface area contributed by atoms with Crippen LogP contribution in [0.4, 0.5) is 0 Å². The second-order valence-corrected chi connectivity index (χ2v) is 5.26. The van der Waals surface area contributed by atoms with E-state index in [2.05, 4.69) is 26.1 Å². The summed E-state index contributed by atoms with van der Waals surface area (Å²) in [5.41, 5.74) is 6.99. The number of hydrogen-bond acceptors (Lipinski definition) is 2. The molecule has 3 N–H and O–H groups in total. The van der Waals surface area contributed by atoms with E-state index in [1.54, 1.807) is 0 Å². The second kappa shape index (κ2) is 8.94. The third-order valence-electron chi connectivity index (χ3n) is 3.37. The number of carbonyl (C=O) groups excluding carboxylic acids is 1. The highest BCUT2D eigenvalue weighted by Gasteiger charge is 2.15. The van der Waals surface area contributed by atoms with E-state index in [0.717, 1.165) is 5.56 Å². The van der Waals surface area contributed by atoms with Crippen LogP contribution in [0.1, 0.15) is 26.3 Å². The Morgan fingerprint density at radius 3 is 2.32 bits per heavy atom. The molecule has 1 amide bonds. The number of nitrogens with one attached hydrogen (secondary N) is 1. The zero-order valence-corrected chi connectivity index (χ0v) is 12.7. The number of halogens is 1. The molecule has 0 heterocycles. The van der Waals surface area contributed by atoms with Crippen molar-refractivity contribution in [2.75, 3.05) is 6.54 Å². The predicted molar refractivity (Wildman–Crippen MR) is 82.4 cm³/mol. The summed E-state index contributed by atoms with van der Waals surface area (Å²) < 4.78 is 0. The van der Waals surface area contributed by atoms with Crippen LogP contribution in [0.15, 0.2) is 30.3 Å². The van der Waals surface area contributed by atoms with Crippen molar-refractivity contribution < 1.29 is 4.79 Å². The monoisotopic (exact) mass is 284 g/mol. The van der Waals surface area contributed by atoms with Crippen LogP contribution in [0.3, 0.4) is 0 Å². The highest BCUT2D eigenvalue weighted by molar-refractivity contribution is 5.85. The first-order valence-electron chi connectivity index (χ1n) is 6.58. The first-order chi connectivity index (χ1) is 8.50. The predicted octanol–water partition coefficient (Wildman–Crippen LogP) is 2.39. The van der Waals surface area contributed by atoms with Crippen LogP contribution in [0.25, 0.3) is 0 Å². The van der Waals surface area contributed by atoms with Gasteiger partial charge < -0.3 is 11.1 Å². The lowest BCUT2D eigenvalue weighted by molar-refractivity contribution is -0.122. The first-order valence-corrected chi connectivity index (χ1v) is 6.58. The maximum atomic E-state index is 11.8. The average Bonchev–Trinajstić information content (AvgIpc) is 2.36. The maximum Gasteiger partial charge on any atom is 0.237 e. The van der Waals surface area contributed by atoms with Gasteiger partial charge in [0.15, 0.2) is 0 Å². The molecule has 19 heavy (non-hydrogen) atoms. The van der Waals surface area contributed by atoms with Crippen molar-refractivity contribution in [1.82, 2.24) is 5.32 Å². The number of carbonyl (C=O) groups is 1. The van der Waals surface area contributed by atoms with Gasteiger partial charge in [-0.05, 0) is 23.8 Å². The Balaban J connectivity index is 0.00000324. The van der Waals surface area contributed by atoms with Crippen molar-refractivity contribution in [3.63, 3.8) is 0 Å². The number of nitrogens with two attached hydrogens (primary N) is 1. The lowest BCUT2D eigenvalue weighted by Crippen LogP contribution is -2.43. The molecule has 1 unspecified atom stereocenters. The van der Waals surface area contributed by atoms with Crippen LogP contribution in [-0.4, -0.2) is 18.5 Å². The van der Waals surface area contributed by atoms with Crippen LogP contribution in [0.5, 0.6) is 0 Å². The third-order valence-corrected chi connectivity index (χ3v) is 3.37. The molecule has 1 rings (SSSR count). The minimum Gasteiger partial charge on any atom is -0.354 e. The van der Waals surface area contributed by atoms with Crippen LogP contribution in [0.2, 0.25) is 0 Å². The molecule has 0 aromatic heterocycles. The number of benzene rings is 1. The fraction of sp³-hybridized carbons (Fsp3) is 0.533. The molecular weight excluding hydrogens is 260 g/mol. The quantitative estimate of drug-likeness (QED) is 0.843. The zero-order chi connectivity index (χ0) is 13.5. The minimum atomic E-state index is -0.466. The lowest BCUT2D eigenvalue weighted by atomic mass is 9.98. The Labute approximate surface area is 122 Å². The minimum absolute atomic E-state index is 0. The molecule has 0 fully saturated rings. The number of hydrogen-bond donors (Lipinski definition) is 2. The van der Waals surface area contributed by atoms with E-state index >= 15 is 0 Å². The summed E-state index contributed by atoms with van der Waals surface area (Å²) in [6, 6.07) is 9.39. The van der Waals surface area contributed by atoms with Gasteiger partial charge in [-0.3, -0.25) is 4.79 Å². The van der Waals surface area contributed by atoms with Gasteiger partial charge in [-0.15, -0.1) is 12.4 Å². The fourth-order valence-corrected chi connectivity index (χ4v) is 1.59. The Hall–Kier alpha value is -1.06. The van der Waals surface area contributed by atoms with E-state index in [4.69, 9.17) is 5.73 Å². The van der Waals surface area contributed by atoms with Crippen molar-refractivity contribution in [1.29, 1.82) is 0 Å². The van der Waals surface area contributed by atoms with Crippen LogP contribution < -0.4 is 11.1 Å². The normalized spacial score (nSPS) is 13.5. The van der Waals surface area contributed by atoms with Gasteiger partial charge in [0, 0.05) is 6.54 Å². The van der Waals surface area contributed by atoms with E-state index in [9.17, 15) is 4.79 Å². The molecule has 0 aliphatic carbocycles. The van der Waals surface area contributed by atoms with Crippen molar-refractivity contribution in [3.05, 3.63) is 35.9 Å². The molecule has 0 saturated carbocycles. The van der Waals surface area contributed by atoms with Crippen LogP contribution in [-0.2, 0) is 11.2 Å². The number of rotatable bonds is 6. The summed E-state index contributed by atoms with van der Waals surface area (Å²) in [7, 11) is 0. The Kier molecular flexibility index (Phi) is 8.44. The third kappa shape index (κ3) is 6.60. The standard InChI is InChI=1S/C15H24N2O.ClH/c1-11(2)12(3)10-17-15(18)14(16)9-13-7-5-4-6-8-13;/h4-8,11-12,14H,9-10,16H2,1-3H3,(H,17,18);1H/t12?,14-;/m0./s1. The zero-order valence-electron chi connectivity index (χ0n) is 11.9. The van der Waals surface area contributed by atoms with Gasteiger partial charge in [0.1, 0.15) is 0 Å². The van der Waals surface area contributed by atoms with E-state index in [-0.39, 0.29) is 18.3 Å².